The van der Waals surface area contributed by atoms with Crippen molar-refractivity contribution < 1.29 is 9.72 Å². The molecule has 1 aromatic carbocycles. The van der Waals surface area contributed by atoms with Crippen LogP contribution in [-0.4, -0.2) is 32.0 Å². The number of quaternary nitrogens is 1. The zero-order valence-corrected chi connectivity index (χ0v) is 9.43. The van der Waals surface area contributed by atoms with Gasteiger partial charge in [-0.25, -0.2) is 0 Å². The number of nitro benzene ring substituents is 1. The van der Waals surface area contributed by atoms with E-state index in [0.29, 0.717) is 5.69 Å². The molecular weight excluding hydrogens is 210 g/mol. The van der Waals surface area contributed by atoms with Gasteiger partial charge < -0.3 is 5.73 Å². The molecule has 0 unspecified atom stereocenters. The molecule has 0 atom stereocenters. The monoisotopic (exact) mass is 224 g/mol. The maximum absolute atomic E-state index is 11.0. The molecule has 16 heavy (non-hydrogen) atoms. The average Bonchev–Trinajstić information content (AvgIpc) is 2.15. The van der Waals surface area contributed by atoms with Crippen molar-refractivity contribution in [2.75, 3.05) is 21.1 Å². The molecule has 86 valence electrons. The van der Waals surface area contributed by atoms with Gasteiger partial charge in [-0.2, -0.15) is 0 Å². The molecule has 0 aliphatic heterocycles. The van der Waals surface area contributed by atoms with Gasteiger partial charge in [0.25, 0.3) is 0 Å². The first-order valence-electron chi connectivity index (χ1n) is 4.63. The summed E-state index contributed by atoms with van der Waals surface area (Å²) >= 11 is 0. The van der Waals surface area contributed by atoms with Crippen molar-refractivity contribution in [1.29, 1.82) is 0 Å². The summed E-state index contributed by atoms with van der Waals surface area (Å²) in [6.45, 7) is 0. The van der Waals surface area contributed by atoms with Gasteiger partial charge in [-0.15, -0.1) is 0 Å². The second-order valence-corrected chi connectivity index (χ2v) is 4.34. The second-order valence-electron chi connectivity index (χ2n) is 4.34. The lowest BCUT2D eigenvalue weighted by molar-refractivity contribution is -0.384. The molecule has 1 amide bonds. The summed E-state index contributed by atoms with van der Waals surface area (Å²) in [7, 11) is 5.35. The van der Waals surface area contributed by atoms with E-state index in [4.69, 9.17) is 5.73 Å². The fraction of sp³-hybridized carbons (Fsp3) is 0.300. The van der Waals surface area contributed by atoms with Crippen molar-refractivity contribution in [3.63, 3.8) is 0 Å². The van der Waals surface area contributed by atoms with Gasteiger partial charge in [0.05, 0.1) is 26.1 Å². The van der Waals surface area contributed by atoms with E-state index in [9.17, 15) is 14.9 Å². The van der Waals surface area contributed by atoms with Gasteiger partial charge in [-0.1, -0.05) is 0 Å². The molecule has 0 aliphatic carbocycles. The van der Waals surface area contributed by atoms with Crippen molar-refractivity contribution in [1.82, 2.24) is 4.48 Å². The van der Waals surface area contributed by atoms with E-state index in [2.05, 4.69) is 0 Å². The third-order valence-electron chi connectivity index (χ3n) is 2.18. The number of nitro groups is 1. The van der Waals surface area contributed by atoms with Crippen LogP contribution in [0.3, 0.4) is 0 Å². The molecular formula is C10H14N3O3+. The normalized spacial score (nSPS) is 11.2. The highest BCUT2D eigenvalue weighted by Gasteiger charge is 2.26. The summed E-state index contributed by atoms with van der Waals surface area (Å²) in [6.07, 6.45) is 0. The quantitative estimate of drug-likeness (QED) is 0.470. The first kappa shape index (κ1) is 12.1. The van der Waals surface area contributed by atoms with Gasteiger partial charge in [0.1, 0.15) is 0 Å². The molecule has 6 heteroatoms. The van der Waals surface area contributed by atoms with Crippen LogP contribution in [0, 0.1) is 10.1 Å². The molecule has 0 saturated carbocycles. The van der Waals surface area contributed by atoms with E-state index in [1.165, 1.54) is 18.2 Å². The number of carbonyl (C=O) groups is 1. The Kier molecular flexibility index (Phi) is 2.95. The summed E-state index contributed by atoms with van der Waals surface area (Å²) in [5.74, 6) is -0.593. The van der Waals surface area contributed by atoms with E-state index in [1.54, 1.807) is 21.1 Å². The highest BCUT2D eigenvalue weighted by molar-refractivity contribution is 5.94. The highest BCUT2D eigenvalue weighted by Crippen LogP contribution is 2.30. The number of primary amides is 1. The summed E-state index contributed by atoms with van der Waals surface area (Å²) in [5.41, 5.74) is 5.84. The fourth-order valence-electron chi connectivity index (χ4n) is 1.37. The first-order valence-corrected chi connectivity index (χ1v) is 4.63. The summed E-state index contributed by atoms with van der Waals surface area (Å²) in [5, 5.41) is 10.8. The Bertz CT molecular complexity index is 449. The Hall–Kier alpha value is -1.95. The molecule has 0 spiro atoms. The Labute approximate surface area is 93.0 Å². The minimum absolute atomic E-state index is 0.0162. The van der Waals surface area contributed by atoms with Gasteiger partial charge in [0, 0.05) is 17.7 Å². The summed E-state index contributed by atoms with van der Waals surface area (Å²) in [4.78, 5) is 21.4. The van der Waals surface area contributed by atoms with E-state index < -0.39 is 10.8 Å². The maximum Gasteiger partial charge on any atom is 0.329 e. The number of rotatable bonds is 3. The van der Waals surface area contributed by atoms with Gasteiger partial charge in [-0.05, 0) is 6.07 Å². The van der Waals surface area contributed by atoms with Gasteiger partial charge in [-0.3, -0.25) is 19.4 Å². The molecule has 0 fully saturated rings. The molecule has 0 aliphatic rings. The van der Waals surface area contributed by atoms with Crippen molar-refractivity contribution in [2.24, 2.45) is 5.73 Å². The minimum atomic E-state index is -0.593. The van der Waals surface area contributed by atoms with Crippen LogP contribution >= 0.6 is 0 Å². The molecule has 0 radical (unpaired) electrons. The molecule has 1 aromatic rings. The summed E-state index contributed by atoms with van der Waals surface area (Å²) in [6, 6.07) is 4.12. The van der Waals surface area contributed by atoms with Gasteiger partial charge in [0.15, 0.2) is 0 Å². The van der Waals surface area contributed by atoms with Gasteiger partial charge in [0.2, 0.25) is 11.6 Å². The van der Waals surface area contributed by atoms with Crippen molar-refractivity contribution >= 4 is 17.3 Å². The van der Waals surface area contributed by atoms with E-state index >= 15 is 0 Å². The Balaban J connectivity index is 3.45. The molecule has 6 nitrogen and oxygen atoms in total. The van der Waals surface area contributed by atoms with Crippen LogP contribution in [0.25, 0.3) is 0 Å². The lowest BCUT2D eigenvalue weighted by Gasteiger charge is -2.23. The van der Waals surface area contributed by atoms with Crippen LogP contribution < -0.4 is 10.2 Å². The largest absolute Gasteiger partial charge is 0.366 e. The Morgan fingerprint density at radius 3 is 2.31 bits per heavy atom. The lowest BCUT2D eigenvalue weighted by Crippen LogP contribution is -2.35. The van der Waals surface area contributed by atoms with Crippen LogP contribution in [0.2, 0.25) is 0 Å². The number of hydrogen-bond donors (Lipinski definition) is 1. The topological polar surface area (TPSA) is 86.2 Å². The predicted molar refractivity (Wildman–Crippen MR) is 61.2 cm³/mol. The van der Waals surface area contributed by atoms with Crippen LogP contribution in [0.1, 0.15) is 10.4 Å². The van der Waals surface area contributed by atoms with Crippen LogP contribution in [0.4, 0.5) is 11.4 Å². The standard InChI is InChI=1S/C10H13N3O3/c1-13(2,3)9-6-7(10(11)14)4-5-8(9)12(15)16/h4-6H,1-3H3,(H-,11,14)/p+1. The van der Waals surface area contributed by atoms with Crippen LogP contribution in [0.15, 0.2) is 18.2 Å². The fourth-order valence-corrected chi connectivity index (χ4v) is 1.37. The zero-order valence-electron chi connectivity index (χ0n) is 9.43. The zero-order chi connectivity index (χ0) is 12.5. The van der Waals surface area contributed by atoms with Crippen LogP contribution in [0.5, 0.6) is 0 Å². The minimum Gasteiger partial charge on any atom is -0.366 e. The number of carbonyl (C=O) groups excluding carboxylic acids is 1. The van der Waals surface area contributed by atoms with E-state index in [0.717, 1.165) is 0 Å². The van der Waals surface area contributed by atoms with Gasteiger partial charge >= 0.3 is 5.69 Å². The number of benzene rings is 1. The molecule has 0 heterocycles. The van der Waals surface area contributed by atoms with Crippen molar-refractivity contribution in [3.8, 4) is 0 Å². The summed E-state index contributed by atoms with van der Waals surface area (Å²) < 4.78 is 0.247. The predicted octanol–water partition coefficient (Wildman–Crippen LogP) is 0.890. The number of nitrogens with zero attached hydrogens (tertiary/aromatic N) is 2. The van der Waals surface area contributed by atoms with E-state index in [1.807, 2.05) is 0 Å². The number of hydrogen-bond acceptors (Lipinski definition) is 3. The smallest absolute Gasteiger partial charge is 0.329 e. The third kappa shape index (κ3) is 2.34. The first-order chi connectivity index (χ1) is 7.23. The SMILES string of the molecule is C[N+](C)(C)c1cc(C(N)=O)ccc1[N+](=O)[O-]. The Morgan fingerprint density at radius 1 is 1.38 bits per heavy atom. The average molecular weight is 224 g/mol. The Morgan fingerprint density at radius 2 is 1.94 bits per heavy atom. The molecule has 0 aromatic heterocycles. The lowest BCUT2D eigenvalue weighted by atomic mass is 10.1. The molecule has 0 saturated heterocycles. The molecule has 2 N–H and O–H groups in total. The second kappa shape index (κ2) is 3.90. The maximum atomic E-state index is 11.0. The number of amides is 1. The van der Waals surface area contributed by atoms with Crippen LogP contribution in [-0.2, 0) is 0 Å². The molecule has 1 rings (SSSR count). The third-order valence-corrected chi connectivity index (χ3v) is 2.18. The van der Waals surface area contributed by atoms with Crippen molar-refractivity contribution in [2.45, 2.75) is 0 Å². The number of nitrogens with two attached hydrogens (primary N) is 1. The van der Waals surface area contributed by atoms with Crippen molar-refractivity contribution in [3.05, 3.63) is 33.9 Å². The highest BCUT2D eigenvalue weighted by atomic mass is 16.6. The molecule has 0 bridgehead atoms. The van der Waals surface area contributed by atoms with E-state index in [-0.39, 0.29) is 15.7 Å².